The van der Waals surface area contributed by atoms with Crippen LogP contribution in [0.25, 0.3) is 11.0 Å². The minimum Gasteiger partial charge on any atom is -0.450 e. The Balaban J connectivity index is 1.81. The van der Waals surface area contributed by atoms with E-state index in [1.54, 1.807) is 48.7 Å². The van der Waals surface area contributed by atoms with Crippen molar-refractivity contribution in [2.45, 2.75) is 13.0 Å². The molecule has 4 aromatic rings. The Morgan fingerprint density at radius 3 is 2.48 bits per heavy atom. The zero-order valence-corrected chi connectivity index (χ0v) is 16.2. The molecule has 5 nitrogen and oxygen atoms in total. The van der Waals surface area contributed by atoms with Gasteiger partial charge >= 0.3 is 0 Å². The Morgan fingerprint density at radius 2 is 1.76 bits per heavy atom. The van der Waals surface area contributed by atoms with E-state index in [9.17, 15) is 9.59 Å². The van der Waals surface area contributed by atoms with Crippen molar-refractivity contribution in [3.8, 4) is 0 Å². The van der Waals surface area contributed by atoms with Crippen molar-refractivity contribution in [1.29, 1.82) is 0 Å². The molecule has 0 saturated carbocycles. The van der Waals surface area contributed by atoms with Crippen molar-refractivity contribution in [2.75, 3.05) is 4.90 Å². The topological polar surface area (TPSA) is 63.4 Å². The molecule has 6 heteroatoms. The molecule has 0 bridgehead atoms. The Hall–Kier alpha value is -3.44. The van der Waals surface area contributed by atoms with E-state index in [4.69, 9.17) is 16.0 Å². The highest BCUT2D eigenvalue weighted by molar-refractivity contribution is 6.30. The number of anilines is 1. The lowest BCUT2D eigenvalue weighted by Gasteiger charge is -2.24. The van der Waals surface area contributed by atoms with Gasteiger partial charge in [-0.15, -0.1) is 0 Å². The van der Waals surface area contributed by atoms with E-state index in [-0.39, 0.29) is 17.1 Å². The van der Waals surface area contributed by atoms with Crippen molar-refractivity contribution in [3.63, 3.8) is 0 Å². The van der Waals surface area contributed by atoms with Crippen LogP contribution in [0.4, 0.5) is 5.82 Å². The zero-order valence-electron chi connectivity index (χ0n) is 15.4. The zero-order chi connectivity index (χ0) is 20.1. The summed E-state index contributed by atoms with van der Waals surface area (Å²) in [5, 5.41) is 1.01. The van der Waals surface area contributed by atoms with Crippen LogP contribution in [0.5, 0.6) is 0 Å². The van der Waals surface area contributed by atoms with Gasteiger partial charge in [-0.2, -0.15) is 0 Å². The van der Waals surface area contributed by atoms with Crippen LogP contribution in [0.2, 0.25) is 5.02 Å². The van der Waals surface area contributed by atoms with Gasteiger partial charge in [-0.05, 0) is 48.4 Å². The summed E-state index contributed by atoms with van der Waals surface area (Å²) in [4.78, 5) is 32.7. The molecule has 5 rings (SSSR count). The van der Waals surface area contributed by atoms with E-state index in [1.807, 2.05) is 25.1 Å². The first kappa shape index (κ1) is 17.6. The summed E-state index contributed by atoms with van der Waals surface area (Å²) >= 11 is 6.05. The highest BCUT2D eigenvalue weighted by Crippen LogP contribution is 2.40. The van der Waals surface area contributed by atoms with Gasteiger partial charge in [0.1, 0.15) is 11.4 Å². The first-order valence-electron chi connectivity index (χ1n) is 9.12. The maximum atomic E-state index is 13.4. The second kappa shape index (κ2) is 6.57. The van der Waals surface area contributed by atoms with Gasteiger partial charge in [0.25, 0.3) is 5.91 Å². The molecule has 1 aliphatic heterocycles. The van der Waals surface area contributed by atoms with Gasteiger partial charge in [-0.1, -0.05) is 41.9 Å². The van der Waals surface area contributed by atoms with Crippen LogP contribution in [0.1, 0.15) is 33.3 Å². The second-order valence-corrected chi connectivity index (χ2v) is 7.43. The largest absolute Gasteiger partial charge is 0.450 e. The minimum atomic E-state index is -0.647. The highest BCUT2D eigenvalue weighted by atomic mass is 35.5. The highest BCUT2D eigenvalue weighted by Gasteiger charge is 2.44. The molecule has 0 N–H and O–H groups in total. The lowest BCUT2D eigenvalue weighted by Crippen LogP contribution is -2.30. The summed E-state index contributed by atoms with van der Waals surface area (Å²) in [7, 11) is 0. The summed E-state index contributed by atoms with van der Waals surface area (Å²) in [6.45, 7) is 1.92. The van der Waals surface area contributed by atoms with Crippen molar-refractivity contribution < 1.29 is 9.21 Å². The maximum absolute atomic E-state index is 13.4. The average Bonchev–Trinajstić information content (AvgIpc) is 3.02. The van der Waals surface area contributed by atoms with Crippen LogP contribution < -0.4 is 10.3 Å². The number of carbonyl (C=O) groups is 1. The van der Waals surface area contributed by atoms with E-state index in [0.717, 1.165) is 11.1 Å². The van der Waals surface area contributed by atoms with Gasteiger partial charge in [-0.3, -0.25) is 14.5 Å². The molecule has 0 aliphatic carbocycles. The molecule has 0 radical (unpaired) electrons. The maximum Gasteiger partial charge on any atom is 0.296 e. The van der Waals surface area contributed by atoms with Gasteiger partial charge in [0.15, 0.2) is 5.43 Å². The van der Waals surface area contributed by atoms with Gasteiger partial charge in [0, 0.05) is 11.2 Å². The number of carbonyl (C=O) groups excluding carboxylic acids is 1. The normalized spacial score (nSPS) is 15.7. The van der Waals surface area contributed by atoms with Crippen molar-refractivity contribution in [1.82, 2.24) is 4.98 Å². The average molecular weight is 403 g/mol. The molecule has 1 aliphatic rings. The summed E-state index contributed by atoms with van der Waals surface area (Å²) in [5.74, 6) is 0.116. The lowest BCUT2D eigenvalue weighted by atomic mass is 9.98. The monoisotopic (exact) mass is 402 g/mol. The fraction of sp³-hybridized carbons (Fsp3) is 0.0870. The molecule has 0 saturated heterocycles. The summed E-state index contributed by atoms with van der Waals surface area (Å²) in [6.07, 6.45) is 1.69. The second-order valence-electron chi connectivity index (χ2n) is 6.99. The third-order valence-electron chi connectivity index (χ3n) is 5.11. The number of amides is 1. The number of hydrogen-bond acceptors (Lipinski definition) is 4. The number of rotatable bonds is 2. The van der Waals surface area contributed by atoms with Gasteiger partial charge in [0.05, 0.1) is 17.0 Å². The predicted octanol–water partition coefficient (Wildman–Crippen LogP) is 4.90. The number of fused-ring (bicyclic) bond motifs is 2. The molecule has 0 unspecified atom stereocenters. The number of benzene rings is 2. The van der Waals surface area contributed by atoms with Crippen LogP contribution >= 0.6 is 11.6 Å². The number of halogens is 1. The van der Waals surface area contributed by atoms with Crippen molar-refractivity contribution in [2.24, 2.45) is 0 Å². The summed E-state index contributed by atoms with van der Waals surface area (Å²) < 4.78 is 5.90. The van der Waals surface area contributed by atoms with Crippen molar-refractivity contribution in [3.05, 3.63) is 105 Å². The Labute approximate surface area is 171 Å². The number of pyridine rings is 1. The summed E-state index contributed by atoms with van der Waals surface area (Å²) in [5.41, 5.74) is 2.22. The van der Waals surface area contributed by atoms with E-state index in [2.05, 4.69) is 4.98 Å². The van der Waals surface area contributed by atoms with E-state index < -0.39 is 6.04 Å². The van der Waals surface area contributed by atoms with Crippen LogP contribution in [0.3, 0.4) is 0 Å². The van der Waals surface area contributed by atoms with Gasteiger partial charge in [-0.25, -0.2) is 4.98 Å². The molecule has 0 spiro atoms. The van der Waals surface area contributed by atoms with E-state index in [1.165, 1.54) is 4.90 Å². The Morgan fingerprint density at radius 1 is 1.00 bits per heavy atom. The van der Waals surface area contributed by atoms with Crippen LogP contribution in [0.15, 0.2) is 76.1 Å². The van der Waals surface area contributed by atoms with E-state index in [0.29, 0.717) is 27.4 Å². The predicted molar refractivity (Wildman–Crippen MR) is 112 cm³/mol. The third kappa shape index (κ3) is 2.74. The quantitative estimate of drug-likeness (QED) is 0.478. The minimum absolute atomic E-state index is 0.0519. The molecule has 1 atom stereocenters. The fourth-order valence-electron chi connectivity index (χ4n) is 3.72. The van der Waals surface area contributed by atoms with E-state index >= 15 is 0 Å². The Bertz CT molecular complexity index is 1310. The molecule has 1 amide bonds. The van der Waals surface area contributed by atoms with Crippen LogP contribution in [0, 0.1) is 6.92 Å². The van der Waals surface area contributed by atoms with Crippen molar-refractivity contribution >= 4 is 34.3 Å². The number of aromatic nitrogens is 1. The fourth-order valence-corrected chi connectivity index (χ4v) is 3.84. The SMILES string of the molecule is Cc1ccc(N2C(=O)c3oc4ccccc4c(=O)c3[C@H]2c2ccc(Cl)cc2)nc1. The number of para-hydroxylation sites is 1. The van der Waals surface area contributed by atoms with Crippen LogP contribution in [-0.4, -0.2) is 10.9 Å². The summed E-state index contributed by atoms with van der Waals surface area (Å²) in [6, 6.07) is 17.0. The first-order valence-corrected chi connectivity index (χ1v) is 9.50. The molecule has 0 fully saturated rings. The standard InChI is InChI=1S/C23H15ClN2O3/c1-13-6-11-18(25-12-13)26-20(14-7-9-15(24)10-8-14)19-21(27)16-4-2-3-5-17(16)29-22(19)23(26)28/h2-12,20H,1H3/t20-/m1/s1. The van der Waals surface area contributed by atoms with Gasteiger partial charge < -0.3 is 4.42 Å². The lowest BCUT2D eigenvalue weighted by molar-refractivity contribution is 0.0970. The third-order valence-corrected chi connectivity index (χ3v) is 5.36. The molecule has 2 aromatic carbocycles. The number of nitrogens with zero attached hydrogens (tertiary/aromatic N) is 2. The molecular weight excluding hydrogens is 388 g/mol. The molecule has 2 aromatic heterocycles. The smallest absolute Gasteiger partial charge is 0.296 e. The first-order chi connectivity index (χ1) is 14.0. The molecule has 29 heavy (non-hydrogen) atoms. The number of aryl methyl sites for hydroxylation is 1. The molecule has 142 valence electrons. The molecular formula is C23H15ClN2O3. The number of hydrogen-bond donors (Lipinski definition) is 0. The molecule has 3 heterocycles. The van der Waals surface area contributed by atoms with Gasteiger partial charge in [0.2, 0.25) is 5.76 Å². The Kier molecular flexibility index (Phi) is 4.00. The van der Waals surface area contributed by atoms with Crippen LogP contribution in [-0.2, 0) is 0 Å².